The predicted octanol–water partition coefficient (Wildman–Crippen LogP) is 3.46. The summed E-state index contributed by atoms with van der Waals surface area (Å²) in [5.41, 5.74) is 3.81. The van der Waals surface area contributed by atoms with Gasteiger partial charge in [0.05, 0.1) is 0 Å². The maximum atomic E-state index is 3.01. The molecule has 0 aromatic heterocycles. The Bertz CT molecular complexity index is 379. The van der Waals surface area contributed by atoms with Crippen LogP contribution in [0.1, 0.15) is 5.56 Å². The van der Waals surface area contributed by atoms with Crippen LogP contribution in [0.2, 0.25) is 0 Å². The monoisotopic (exact) mass is 345 g/mol. The first-order valence-electron chi connectivity index (χ1n) is 4.39. The van der Waals surface area contributed by atoms with E-state index in [0.717, 1.165) is 0 Å². The molecule has 0 fully saturated rings. The molecule has 0 saturated carbocycles. The van der Waals surface area contributed by atoms with Crippen molar-refractivity contribution in [3.8, 4) is 11.1 Å². The van der Waals surface area contributed by atoms with E-state index in [1.54, 1.807) is 0 Å². The fraction of sp³-hybridized carbons (Fsp3) is 0.0769. The molecule has 2 heteroatoms. The Morgan fingerprint density at radius 1 is 0.733 bits per heavy atom. The van der Waals surface area contributed by atoms with E-state index in [1.807, 2.05) is 12.1 Å². The van der Waals surface area contributed by atoms with E-state index >= 15 is 0 Å². The third-order valence-electron chi connectivity index (χ3n) is 2.10. The number of rotatable bonds is 1. The first kappa shape index (κ1) is 15.6. The molecule has 0 unspecified atom stereocenters. The normalized spacial score (nSPS) is 8.60. The first-order valence-corrected chi connectivity index (χ1v) is 4.39. The molecule has 2 aromatic rings. The van der Waals surface area contributed by atoms with Crippen molar-refractivity contribution in [2.24, 2.45) is 0 Å². The van der Waals surface area contributed by atoms with Crippen molar-refractivity contribution in [3.63, 3.8) is 0 Å². The Labute approximate surface area is 142 Å². The first-order chi connectivity index (χ1) is 6.36. The zero-order valence-corrected chi connectivity index (χ0v) is 14.5. The summed E-state index contributed by atoms with van der Waals surface area (Å²) in [5, 5.41) is 0. The van der Waals surface area contributed by atoms with Crippen molar-refractivity contribution in [2.75, 3.05) is 0 Å². The van der Waals surface area contributed by atoms with Gasteiger partial charge >= 0.3 is 0 Å². The zero-order valence-electron chi connectivity index (χ0n) is 8.77. The smallest absolute Gasteiger partial charge is 0 e. The second-order valence-electron chi connectivity index (χ2n) is 3.15. The molecule has 0 aliphatic heterocycles. The van der Waals surface area contributed by atoms with E-state index in [1.165, 1.54) is 16.7 Å². The van der Waals surface area contributed by atoms with Crippen LogP contribution >= 0.6 is 0 Å². The van der Waals surface area contributed by atoms with Crippen molar-refractivity contribution in [1.82, 2.24) is 0 Å². The molecule has 15 heavy (non-hydrogen) atoms. The third kappa shape index (κ3) is 4.57. The molecule has 0 aliphatic rings. The minimum Gasteiger partial charge on any atom is -0.184 e. The maximum absolute atomic E-state index is 3.01. The van der Waals surface area contributed by atoms with Gasteiger partial charge in [-0.3, -0.25) is 0 Å². The van der Waals surface area contributed by atoms with Gasteiger partial charge in [-0.1, -0.05) is 29.8 Å². The van der Waals surface area contributed by atoms with Crippen molar-refractivity contribution in [3.05, 3.63) is 60.2 Å². The van der Waals surface area contributed by atoms with Crippen molar-refractivity contribution in [1.29, 1.82) is 0 Å². The van der Waals surface area contributed by atoms with Crippen LogP contribution in [0.5, 0.6) is 0 Å². The Morgan fingerprint density at radius 2 is 1.20 bits per heavy atom. The van der Waals surface area contributed by atoms with Crippen molar-refractivity contribution >= 4 is 0 Å². The number of aryl methyl sites for hydroxylation is 1. The standard InChI is InChI=1S/C13H11.2Y/c1-11-7-9-13(10-8-11)12-5-3-2-4-6-12;;/h3-10H,1H3;;/q-1;;. The van der Waals surface area contributed by atoms with Crippen molar-refractivity contribution < 1.29 is 65.4 Å². The summed E-state index contributed by atoms with van der Waals surface area (Å²) < 4.78 is 0. The Kier molecular flexibility index (Phi) is 8.18. The van der Waals surface area contributed by atoms with Crippen LogP contribution in [0.3, 0.4) is 0 Å². The van der Waals surface area contributed by atoms with E-state index in [0.29, 0.717) is 0 Å². The summed E-state index contributed by atoms with van der Waals surface area (Å²) in [5.74, 6) is 0. The molecule has 0 nitrogen and oxygen atoms in total. The summed E-state index contributed by atoms with van der Waals surface area (Å²) in [6, 6.07) is 19.6. The second kappa shape index (κ2) is 7.85. The fourth-order valence-corrected chi connectivity index (χ4v) is 1.33. The molecule has 70 valence electrons. The maximum Gasteiger partial charge on any atom is 0 e. The van der Waals surface area contributed by atoms with Crippen molar-refractivity contribution in [2.45, 2.75) is 6.92 Å². The van der Waals surface area contributed by atoms with Gasteiger partial charge in [-0.2, -0.15) is 30.3 Å². The van der Waals surface area contributed by atoms with E-state index in [2.05, 4.69) is 49.4 Å². The van der Waals surface area contributed by atoms with E-state index in [9.17, 15) is 0 Å². The molecule has 0 aliphatic carbocycles. The van der Waals surface area contributed by atoms with Crippen LogP contribution < -0.4 is 0 Å². The predicted molar refractivity (Wildman–Crippen MR) is 55.5 cm³/mol. The summed E-state index contributed by atoms with van der Waals surface area (Å²) >= 11 is 0. The summed E-state index contributed by atoms with van der Waals surface area (Å²) in [4.78, 5) is 0. The van der Waals surface area contributed by atoms with E-state index < -0.39 is 0 Å². The molecule has 0 bridgehead atoms. The van der Waals surface area contributed by atoms with E-state index in [-0.39, 0.29) is 65.4 Å². The number of benzene rings is 2. The van der Waals surface area contributed by atoms with Crippen LogP contribution in [0.25, 0.3) is 11.1 Å². The molecular formula is C13H11Y2-. The Balaban J connectivity index is 0.000000980. The number of hydrogen-bond donors (Lipinski definition) is 0. The average Bonchev–Trinajstić information content (AvgIpc) is 2.20. The summed E-state index contributed by atoms with van der Waals surface area (Å²) in [6.07, 6.45) is 0. The average molecular weight is 345 g/mol. The molecule has 0 N–H and O–H groups in total. The van der Waals surface area contributed by atoms with Gasteiger partial charge in [-0.15, -0.1) is 5.56 Å². The minimum atomic E-state index is 0. The quantitative estimate of drug-likeness (QED) is 0.695. The van der Waals surface area contributed by atoms with E-state index in [4.69, 9.17) is 0 Å². The molecule has 0 saturated heterocycles. The topological polar surface area (TPSA) is 0 Å². The van der Waals surface area contributed by atoms with Crippen LogP contribution in [0.4, 0.5) is 0 Å². The molecular weight excluding hydrogens is 334 g/mol. The zero-order chi connectivity index (χ0) is 9.10. The Hall–Kier alpha value is 0.648. The number of hydrogen-bond acceptors (Lipinski definition) is 0. The molecule has 2 radical (unpaired) electrons. The SMILES string of the molecule is Cc1ccc(-c2cc[c-]cc2)cc1.[Y].[Y]. The molecule has 0 spiro atoms. The van der Waals surface area contributed by atoms with Gasteiger partial charge in [-0.05, 0) is 12.5 Å². The van der Waals surface area contributed by atoms with Crippen LogP contribution in [0, 0.1) is 13.0 Å². The van der Waals surface area contributed by atoms with Gasteiger partial charge in [0.25, 0.3) is 0 Å². The van der Waals surface area contributed by atoms with Crippen LogP contribution in [-0.2, 0) is 65.4 Å². The molecule has 0 heterocycles. The molecule has 0 amide bonds. The Morgan fingerprint density at radius 3 is 1.73 bits per heavy atom. The molecule has 2 rings (SSSR count). The minimum absolute atomic E-state index is 0. The van der Waals surface area contributed by atoms with Gasteiger partial charge in [0.2, 0.25) is 0 Å². The molecule has 0 atom stereocenters. The second-order valence-corrected chi connectivity index (χ2v) is 3.15. The van der Waals surface area contributed by atoms with Crippen LogP contribution in [-0.4, -0.2) is 0 Å². The van der Waals surface area contributed by atoms with Gasteiger partial charge in [0, 0.05) is 65.4 Å². The van der Waals surface area contributed by atoms with Crippen LogP contribution in [0.15, 0.2) is 48.5 Å². The largest absolute Gasteiger partial charge is 0.184 e. The fourth-order valence-electron chi connectivity index (χ4n) is 1.33. The van der Waals surface area contributed by atoms with Gasteiger partial charge in [0.15, 0.2) is 0 Å². The molecule has 2 aromatic carbocycles. The van der Waals surface area contributed by atoms with Gasteiger partial charge in [0.1, 0.15) is 0 Å². The summed E-state index contributed by atoms with van der Waals surface area (Å²) in [7, 11) is 0. The van der Waals surface area contributed by atoms with Gasteiger partial charge in [-0.25, -0.2) is 0 Å². The third-order valence-corrected chi connectivity index (χ3v) is 2.10. The van der Waals surface area contributed by atoms with Gasteiger partial charge < -0.3 is 0 Å². The summed E-state index contributed by atoms with van der Waals surface area (Å²) in [6.45, 7) is 2.10.